The van der Waals surface area contributed by atoms with E-state index in [-0.39, 0.29) is 23.0 Å². The van der Waals surface area contributed by atoms with Crippen LogP contribution in [0.4, 0.5) is 34.1 Å². The van der Waals surface area contributed by atoms with Crippen molar-refractivity contribution in [2.24, 2.45) is 0 Å². The average Bonchev–Trinajstić information content (AvgIpc) is 3.63. The van der Waals surface area contributed by atoms with Gasteiger partial charge in [-0.25, -0.2) is 0 Å². The van der Waals surface area contributed by atoms with Gasteiger partial charge in [-0.15, -0.1) is 11.3 Å². The van der Waals surface area contributed by atoms with Crippen molar-refractivity contribution < 1.29 is 0 Å². The maximum Gasteiger partial charge on any atom is 0.252 e. The van der Waals surface area contributed by atoms with E-state index in [1.807, 2.05) is 11.3 Å². The van der Waals surface area contributed by atoms with Gasteiger partial charge in [0.2, 0.25) is 0 Å². The van der Waals surface area contributed by atoms with Gasteiger partial charge in [-0.1, -0.05) is 123 Å². The lowest BCUT2D eigenvalue weighted by molar-refractivity contribution is 0.589. The standard InChI is InChI=1S/C53H55BN2S/c1-32-26-46-49-47(27-32)56(50-33(2)28-38(29-34(50)3)53(10,11)12)45-30-35(40-14-13-15-48-41(40)24-25-57-48)16-22-42(45)54(49)43-31-37(52(7,8)9)19-23-44(43)55(46)39-20-17-36(18-21-39)51(4,5)6/h13-31H,1-12H3. The number of hydrogen-bond acceptors (Lipinski definition) is 3. The molecule has 0 atom stereocenters. The molecule has 0 unspecified atom stereocenters. The van der Waals surface area contributed by atoms with E-state index in [4.69, 9.17) is 0 Å². The van der Waals surface area contributed by atoms with Gasteiger partial charge in [-0.3, -0.25) is 0 Å². The molecule has 2 aliphatic rings. The molecule has 7 aromatic rings. The molecule has 0 fully saturated rings. The Hall–Kier alpha value is -5.06. The van der Waals surface area contributed by atoms with Gasteiger partial charge < -0.3 is 9.80 Å². The summed E-state index contributed by atoms with van der Waals surface area (Å²) < 4.78 is 1.32. The summed E-state index contributed by atoms with van der Waals surface area (Å²) in [7, 11) is 0. The highest BCUT2D eigenvalue weighted by Crippen LogP contribution is 2.48. The summed E-state index contributed by atoms with van der Waals surface area (Å²) in [6, 6.07) is 42.7. The molecule has 6 aromatic carbocycles. The fraction of sp³-hybridized carbons (Fsp3) is 0.283. The highest BCUT2D eigenvalue weighted by Gasteiger charge is 2.44. The average molecular weight is 763 g/mol. The molecule has 286 valence electrons. The van der Waals surface area contributed by atoms with Gasteiger partial charge in [0.1, 0.15) is 0 Å². The number of anilines is 6. The quantitative estimate of drug-likeness (QED) is 0.165. The van der Waals surface area contributed by atoms with Crippen LogP contribution < -0.4 is 26.2 Å². The Morgan fingerprint density at radius 2 is 1.14 bits per heavy atom. The van der Waals surface area contributed by atoms with Crippen molar-refractivity contribution in [3.05, 3.63) is 148 Å². The van der Waals surface area contributed by atoms with Gasteiger partial charge in [-0.2, -0.15) is 0 Å². The summed E-state index contributed by atoms with van der Waals surface area (Å²) in [5, 5.41) is 3.54. The van der Waals surface area contributed by atoms with Crippen molar-refractivity contribution in [1.82, 2.24) is 0 Å². The van der Waals surface area contributed by atoms with E-state index in [1.165, 1.54) is 105 Å². The number of hydrogen-bond donors (Lipinski definition) is 0. The molecule has 0 saturated heterocycles. The number of fused-ring (bicyclic) bond motifs is 5. The normalized spacial score (nSPS) is 13.9. The minimum atomic E-state index is 0.000229. The van der Waals surface area contributed by atoms with Crippen LogP contribution in [0, 0.1) is 20.8 Å². The van der Waals surface area contributed by atoms with Gasteiger partial charge in [-0.05, 0) is 152 Å². The fourth-order valence-electron chi connectivity index (χ4n) is 9.39. The highest BCUT2D eigenvalue weighted by atomic mass is 32.1. The Labute approximate surface area is 345 Å². The Morgan fingerprint density at radius 1 is 0.509 bits per heavy atom. The maximum atomic E-state index is 2.63. The second-order valence-corrected chi connectivity index (χ2v) is 20.7. The zero-order valence-electron chi connectivity index (χ0n) is 35.8. The van der Waals surface area contributed by atoms with E-state index >= 15 is 0 Å². The summed E-state index contributed by atoms with van der Waals surface area (Å²) in [6.45, 7) is 27.8. The monoisotopic (exact) mass is 762 g/mol. The Balaban J connectivity index is 1.38. The summed E-state index contributed by atoms with van der Waals surface area (Å²) in [4.78, 5) is 5.18. The Kier molecular flexibility index (Phi) is 8.54. The highest BCUT2D eigenvalue weighted by molar-refractivity contribution is 7.17. The summed E-state index contributed by atoms with van der Waals surface area (Å²) in [5.41, 5.74) is 22.2. The van der Waals surface area contributed by atoms with Crippen LogP contribution in [-0.2, 0) is 16.2 Å². The molecule has 9 rings (SSSR count). The second-order valence-electron chi connectivity index (χ2n) is 19.8. The third kappa shape index (κ3) is 6.14. The molecule has 0 bridgehead atoms. The Bertz CT molecular complexity index is 2710. The predicted octanol–water partition coefficient (Wildman–Crippen LogP) is 13.5. The first-order chi connectivity index (χ1) is 26.9. The molecule has 3 heterocycles. The number of nitrogens with zero attached hydrogens (tertiary/aromatic N) is 2. The minimum Gasteiger partial charge on any atom is -0.311 e. The summed E-state index contributed by atoms with van der Waals surface area (Å²) in [5.74, 6) is 0. The first-order valence-electron chi connectivity index (χ1n) is 20.6. The molecule has 2 aliphatic heterocycles. The first kappa shape index (κ1) is 37.5. The summed E-state index contributed by atoms with van der Waals surface area (Å²) in [6.07, 6.45) is 0. The topological polar surface area (TPSA) is 6.48 Å². The molecular weight excluding hydrogens is 707 g/mol. The molecule has 4 heteroatoms. The molecule has 1 aromatic heterocycles. The van der Waals surface area contributed by atoms with Crippen LogP contribution in [-0.4, -0.2) is 6.71 Å². The third-order valence-corrected chi connectivity index (χ3v) is 13.3. The van der Waals surface area contributed by atoms with Crippen LogP contribution in [0.25, 0.3) is 21.2 Å². The van der Waals surface area contributed by atoms with Gasteiger partial charge in [0, 0.05) is 38.5 Å². The van der Waals surface area contributed by atoms with Crippen molar-refractivity contribution in [3.63, 3.8) is 0 Å². The van der Waals surface area contributed by atoms with Crippen molar-refractivity contribution in [2.75, 3.05) is 9.80 Å². The lowest BCUT2D eigenvalue weighted by Gasteiger charge is -2.45. The van der Waals surface area contributed by atoms with Crippen LogP contribution in [0.2, 0.25) is 0 Å². The van der Waals surface area contributed by atoms with E-state index in [9.17, 15) is 0 Å². The molecule has 0 saturated carbocycles. The SMILES string of the molecule is Cc1cc2c3c(c1)N(c1c(C)cc(C(C)(C)C)cc1C)c1cc(-c4cccc5sccc45)ccc1B3c1cc(C(C)(C)C)ccc1N2c1ccc(C(C)(C)C)cc1. The zero-order chi connectivity index (χ0) is 40.3. The fourth-order valence-corrected chi connectivity index (χ4v) is 10.2. The third-order valence-electron chi connectivity index (χ3n) is 12.5. The van der Waals surface area contributed by atoms with E-state index in [0.29, 0.717) is 0 Å². The van der Waals surface area contributed by atoms with Crippen LogP contribution >= 0.6 is 11.3 Å². The number of thiophene rings is 1. The lowest BCUT2D eigenvalue weighted by Crippen LogP contribution is -2.61. The molecule has 57 heavy (non-hydrogen) atoms. The van der Waals surface area contributed by atoms with Gasteiger partial charge in [0.15, 0.2) is 0 Å². The molecular formula is C53H55BN2S. The zero-order valence-corrected chi connectivity index (χ0v) is 36.7. The van der Waals surface area contributed by atoms with Crippen LogP contribution in [0.5, 0.6) is 0 Å². The maximum absolute atomic E-state index is 2.63. The molecule has 0 N–H and O–H groups in total. The number of benzene rings is 6. The molecule has 0 radical (unpaired) electrons. The lowest BCUT2D eigenvalue weighted by atomic mass is 9.33. The molecule has 0 amide bonds. The van der Waals surface area contributed by atoms with Gasteiger partial charge in [0.25, 0.3) is 6.71 Å². The van der Waals surface area contributed by atoms with Crippen molar-refractivity contribution in [1.29, 1.82) is 0 Å². The van der Waals surface area contributed by atoms with E-state index in [2.05, 4.69) is 207 Å². The van der Waals surface area contributed by atoms with E-state index < -0.39 is 0 Å². The smallest absolute Gasteiger partial charge is 0.252 e. The largest absolute Gasteiger partial charge is 0.311 e. The van der Waals surface area contributed by atoms with Crippen LogP contribution in [0.3, 0.4) is 0 Å². The molecule has 0 aliphatic carbocycles. The van der Waals surface area contributed by atoms with E-state index in [1.54, 1.807) is 0 Å². The van der Waals surface area contributed by atoms with Crippen molar-refractivity contribution in [2.45, 2.75) is 99.3 Å². The van der Waals surface area contributed by atoms with Crippen LogP contribution in [0.1, 0.15) is 95.7 Å². The number of aryl methyl sites for hydroxylation is 3. The van der Waals surface area contributed by atoms with Crippen molar-refractivity contribution >= 4 is 78.6 Å². The number of rotatable bonds is 3. The van der Waals surface area contributed by atoms with Crippen molar-refractivity contribution in [3.8, 4) is 11.1 Å². The minimum absolute atomic E-state index is 0.000229. The second kappa shape index (κ2) is 13.0. The van der Waals surface area contributed by atoms with Crippen LogP contribution in [0.15, 0.2) is 115 Å². The Morgan fingerprint density at radius 3 is 1.79 bits per heavy atom. The summed E-state index contributed by atoms with van der Waals surface area (Å²) >= 11 is 1.82. The van der Waals surface area contributed by atoms with E-state index in [0.717, 1.165) is 0 Å². The van der Waals surface area contributed by atoms with Gasteiger partial charge in [0.05, 0.1) is 5.69 Å². The molecule has 2 nitrogen and oxygen atoms in total. The predicted molar refractivity (Wildman–Crippen MR) is 252 cm³/mol. The first-order valence-corrected chi connectivity index (χ1v) is 21.5. The molecule has 0 spiro atoms. The van der Waals surface area contributed by atoms with Gasteiger partial charge >= 0.3 is 0 Å².